The van der Waals surface area contributed by atoms with E-state index in [-0.39, 0.29) is 5.56 Å². The van der Waals surface area contributed by atoms with Crippen LogP contribution in [0.2, 0.25) is 5.02 Å². The zero-order chi connectivity index (χ0) is 17.9. The standard InChI is InChI=1S/C20H20ClN3O2/c21-16-7-5-15(6-8-16)19-22-18-4-2-1-3-17(18)20(25)24(19)10-9-23-11-13-26-14-12-23/h1-8H,9-14H2. The van der Waals surface area contributed by atoms with Crippen LogP contribution in [-0.2, 0) is 11.3 Å². The van der Waals surface area contributed by atoms with Crippen LogP contribution < -0.4 is 5.56 Å². The maximum atomic E-state index is 13.1. The second kappa shape index (κ2) is 7.58. The number of ether oxygens (including phenoxy) is 1. The molecule has 0 unspecified atom stereocenters. The number of para-hydroxylation sites is 1. The lowest BCUT2D eigenvalue weighted by Gasteiger charge is -2.27. The lowest BCUT2D eigenvalue weighted by atomic mass is 10.1. The van der Waals surface area contributed by atoms with Crippen LogP contribution in [0.15, 0.2) is 53.3 Å². The van der Waals surface area contributed by atoms with Crippen molar-refractivity contribution in [3.8, 4) is 11.4 Å². The molecular formula is C20H20ClN3O2. The molecule has 0 bridgehead atoms. The van der Waals surface area contributed by atoms with Crippen LogP contribution in [0.1, 0.15) is 0 Å². The number of fused-ring (bicyclic) bond motifs is 1. The SMILES string of the molecule is O=c1c2ccccc2nc(-c2ccc(Cl)cc2)n1CCN1CCOCC1. The van der Waals surface area contributed by atoms with E-state index in [1.54, 1.807) is 4.57 Å². The highest BCUT2D eigenvalue weighted by Gasteiger charge is 2.15. The summed E-state index contributed by atoms with van der Waals surface area (Å²) >= 11 is 6.02. The summed E-state index contributed by atoms with van der Waals surface area (Å²) in [7, 11) is 0. The highest BCUT2D eigenvalue weighted by Crippen LogP contribution is 2.21. The van der Waals surface area contributed by atoms with Gasteiger partial charge in [0.25, 0.3) is 5.56 Å². The molecular weight excluding hydrogens is 350 g/mol. The van der Waals surface area contributed by atoms with Gasteiger partial charge in [0.15, 0.2) is 0 Å². The first kappa shape index (κ1) is 17.2. The predicted molar refractivity (Wildman–Crippen MR) is 104 cm³/mol. The number of benzene rings is 2. The lowest BCUT2D eigenvalue weighted by Crippen LogP contribution is -2.39. The van der Waals surface area contributed by atoms with Gasteiger partial charge in [-0.15, -0.1) is 0 Å². The second-order valence-electron chi connectivity index (χ2n) is 6.37. The molecule has 1 fully saturated rings. The summed E-state index contributed by atoms with van der Waals surface area (Å²) in [5, 5.41) is 1.31. The Hall–Kier alpha value is -2.21. The molecule has 1 aliphatic rings. The minimum Gasteiger partial charge on any atom is -0.379 e. The van der Waals surface area contributed by atoms with E-state index in [1.165, 1.54) is 0 Å². The molecule has 1 aliphatic heterocycles. The topological polar surface area (TPSA) is 47.4 Å². The van der Waals surface area contributed by atoms with Gasteiger partial charge in [0.05, 0.1) is 24.1 Å². The van der Waals surface area contributed by atoms with Crippen molar-refractivity contribution in [2.75, 3.05) is 32.8 Å². The van der Waals surface area contributed by atoms with Crippen molar-refractivity contribution >= 4 is 22.5 Å². The van der Waals surface area contributed by atoms with Crippen LogP contribution in [0.4, 0.5) is 0 Å². The number of aromatic nitrogens is 2. The van der Waals surface area contributed by atoms with Crippen molar-refractivity contribution in [1.29, 1.82) is 0 Å². The molecule has 0 aliphatic carbocycles. The average molecular weight is 370 g/mol. The summed E-state index contributed by atoms with van der Waals surface area (Å²) in [5.41, 5.74) is 1.60. The van der Waals surface area contributed by atoms with Gasteiger partial charge in [0.2, 0.25) is 0 Å². The fraction of sp³-hybridized carbons (Fsp3) is 0.300. The first-order valence-corrected chi connectivity index (χ1v) is 9.16. The van der Waals surface area contributed by atoms with E-state index >= 15 is 0 Å². The molecule has 0 atom stereocenters. The third kappa shape index (κ3) is 3.51. The summed E-state index contributed by atoms with van der Waals surface area (Å²) in [6.45, 7) is 4.67. The van der Waals surface area contributed by atoms with Gasteiger partial charge < -0.3 is 4.74 Å². The van der Waals surface area contributed by atoms with E-state index in [1.807, 2.05) is 48.5 Å². The Labute approximate surface area is 156 Å². The zero-order valence-electron chi connectivity index (χ0n) is 14.4. The molecule has 2 heterocycles. The molecule has 0 spiro atoms. The number of morpholine rings is 1. The summed E-state index contributed by atoms with van der Waals surface area (Å²) in [5.74, 6) is 0.679. The molecule has 26 heavy (non-hydrogen) atoms. The van der Waals surface area contributed by atoms with Gasteiger partial charge in [-0.2, -0.15) is 0 Å². The number of hydrogen-bond donors (Lipinski definition) is 0. The lowest BCUT2D eigenvalue weighted by molar-refractivity contribution is 0.0363. The van der Waals surface area contributed by atoms with Gasteiger partial charge in [0.1, 0.15) is 5.82 Å². The molecule has 0 amide bonds. The minimum absolute atomic E-state index is 0.00573. The second-order valence-corrected chi connectivity index (χ2v) is 6.81. The Morgan fingerprint density at radius 1 is 1.00 bits per heavy atom. The van der Waals surface area contributed by atoms with Crippen LogP contribution >= 0.6 is 11.6 Å². The summed E-state index contributed by atoms with van der Waals surface area (Å²) in [6.07, 6.45) is 0. The smallest absolute Gasteiger partial charge is 0.261 e. The molecule has 3 aromatic rings. The molecule has 0 saturated carbocycles. The summed E-state index contributed by atoms with van der Waals surface area (Å²) in [6, 6.07) is 14.9. The molecule has 0 N–H and O–H groups in total. The van der Waals surface area contributed by atoms with Gasteiger partial charge in [-0.05, 0) is 36.4 Å². The van der Waals surface area contributed by atoms with Gasteiger partial charge in [0, 0.05) is 36.8 Å². The normalized spacial score (nSPS) is 15.4. The van der Waals surface area contributed by atoms with E-state index in [9.17, 15) is 4.79 Å². The van der Waals surface area contributed by atoms with E-state index in [0.29, 0.717) is 28.3 Å². The van der Waals surface area contributed by atoms with Crippen molar-refractivity contribution in [3.63, 3.8) is 0 Å². The van der Waals surface area contributed by atoms with Crippen molar-refractivity contribution in [2.45, 2.75) is 6.54 Å². The minimum atomic E-state index is -0.00573. The van der Waals surface area contributed by atoms with Crippen molar-refractivity contribution < 1.29 is 4.74 Å². The predicted octanol–water partition coefficient (Wildman–Crippen LogP) is 3.05. The Morgan fingerprint density at radius 2 is 1.73 bits per heavy atom. The quantitative estimate of drug-likeness (QED) is 0.709. The van der Waals surface area contributed by atoms with Crippen LogP contribution in [0.5, 0.6) is 0 Å². The Kier molecular flexibility index (Phi) is 5.02. The van der Waals surface area contributed by atoms with E-state index in [2.05, 4.69) is 4.90 Å². The van der Waals surface area contributed by atoms with Crippen LogP contribution in [0.25, 0.3) is 22.3 Å². The summed E-state index contributed by atoms with van der Waals surface area (Å²) < 4.78 is 7.18. The average Bonchev–Trinajstić information content (AvgIpc) is 2.69. The first-order valence-electron chi connectivity index (χ1n) is 8.78. The highest BCUT2D eigenvalue weighted by atomic mass is 35.5. The molecule has 6 heteroatoms. The van der Waals surface area contributed by atoms with E-state index < -0.39 is 0 Å². The number of nitrogens with zero attached hydrogens (tertiary/aromatic N) is 3. The van der Waals surface area contributed by atoms with Crippen LogP contribution in [-0.4, -0.2) is 47.3 Å². The molecule has 134 valence electrons. The summed E-state index contributed by atoms with van der Waals surface area (Å²) in [4.78, 5) is 20.2. The van der Waals surface area contributed by atoms with Crippen LogP contribution in [0.3, 0.4) is 0 Å². The van der Waals surface area contributed by atoms with Gasteiger partial charge in [-0.25, -0.2) is 4.98 Å². The van der Waals surface area contributed by atoms with E-state index in [0.717, 1.165) is 38.4 Å². The maximum Gasteiger partial charge on any atom is 0.261 e. The molecule has 0 radical (unpaired) electrons. The number of halogens is 1. The molecule has 2 aromatic carbocycles. The number of rotatable bonds is 4. The molecule has 1 saturated heterocycles. The largest absolute Gasteiger partial charge is 0.379 e. The maximum absolute atomic E-state index is 13.1. The molecule has 1 aromatic heterocycles. The number of hydrogen-bond acceptors (Lipinski definition) is 4. The van der Waals surface area contributed by atoms with Crippen molar-refractivity contribution in [1.82, 2.24) is 14.5 Å². The van der Waals surface area contributed by atoms with Gasteiger partial charge >= 0.3 is 0 Å². The Balaban J connectivity index is 1.77. The van der Waals surface area contributed by atoms with Crippen molar-refractivity contribution in [2.24, 2.45) is 0 Å². The monoisotopic (exact) mass is 369 g/mol. The van der Waals surface area contributed by atoms with Crippen molar-refractivity contribution in [3.05, 3.63) is 63.9 Å². The molecule has 5 nitrogen and oxygen atoms in total. The zero-order valence-corrected chi connectivity index (χ0v) is 15.2. The van der Waals surface area contributed by atoms with Gasteiger partial charge in [-0.3, -0.25) is 14.3 Å². The fourth-order valence-corrected chi connectivity index (χ4v) is 3.39. The molecule has 4 rings (SSSR count). The Morgan fingerprint density at radius 3 is 2.50 bits per heavy atom. The third-order valence-electron chi connectivity index (χ3n) is 4.71. The third-order valence-corrected chi connectivity index (χ3v) is 4.96. The van der Waals surface area contributed by atoms with Gasteiger partial charge in [-0.1, -0.05) is 23.7 Å². The Bertz CT molecular complexity index is 963. The highest BCUT2D eigenvalue weighted by molar-refractivity contribution is 6.30. The fourth-order valence-electron chi connectivity index (χ4n) is 3.26. The first-order chi connectivity index (χ1) is 12.7. The van der Waals surface area contributed by atoms with Crippen LogP contribution in [0, 0.1) is 0 Å². The van der Waals surface area contributed by atoms with E-state index in [4.69, 9.17) is 21.3 Å².